The molecule has 1 amide bonds. The Hall–Kier alpha value is -2.55. The van der Waals surface area contributed by atoms with Crippen molar-refractivity contribution < 1.29 is 37.3 Å². The molecule has 0 rings (SSSR count). The van der Waals surface area contributed by atoms with E-state index in [9.17, 15) is 19.0 Å². The minimum Gasteiger partial charge on any atom is -0.756 e. The van der Waals surface area contributed by atoms with E-state index in [0.29, 0.717) is 23.9 Å². The number of carbonyl (C=O) groups is 2. The molecule has 0 aliphatic heterocycles. The molecule has 0 aromatic heterocycles. The van der Waals surface area contributed by atoms with Gasteiger partial charge >= 0.3 is 5.97 Å². The zero-order chi connectivity index (χ0) is 55.7. The van der Waals surface area contributed by atoms with E-state index in [4.69, 9.17) is 13.8 Å². The Balaban J connectivity index is 5.09. The number of ether oxygens (including phenoxy) is 1. The summed E-state index contributed by atoms with van der Waals surface area (Å²) in [6.07, 6.45) is 71.6. The summed E-state index contributed by atoms with van der Waals surface area (Å²) in [6, 6.07) is -0.898. The highest BCUT2D eigenvalue weighted by atomic mass is 31.2. The summed E-state index contributed by atoms with van der Waals surface area (Å²) in [7, 11) is 1.17. The first kappa shape index (κ1) is 73.5. The van der Waals surface area contributed by atoms with Crippen LogP contribution in [0.4, 0.5) is 0 Å². The molecule has 0 heterocycles. The highest BCUT2D eigenvalue weighted by Gasteiger charge is 2.27. The van der Waals surface area contributed by atoms with Crippen molar-refractivity contribution in [2.45, 2.75) is 296 Å². The molecular weight excluding hydrogens is 964 g/mol. The van der Waals surface area contributed by atoms with Crippen LogP contribution in [0.25, 0.3) is 0 Å². The van der Waals surface area contributed by atoms with Crippen molar-refractivity contribution in [3.8, 4) is 0 Å². The maximum Gasteiger partial charge on any atom is 0.306 e. The molecule has 3 atom stereocenters. The van der Waals surface area contributed by atoms with Crippen molar-refractivity contribution in [2.75, 3.05) is 40.9 Å². The molecule has 0 radical (unpaired) electrons. The van der Waals surface area contributed by atoms with Gasteiger partial charge in [0.2, 0.25) is 5.91 Å². The Kier molecular flexibility index (Phi) is 53.9. The standard InChI is InChI=1S/C66H121N2O7P/c1-7-10-13-16-19-22-25-28-29-30-31-32-33-34-35-36-37-38-39-41-43-46-49-52-55-58-65(69)67-63(62-74-76(71,72)73-61-60-68(4,5)6)64(57-54-51-48-45-42-27-24-21-18-15-12-9-3)75-66(70)59-56-53-50-47-44-40-26-23-20-17-14-11-8-2/h11,14,17,19-20,22-23,26,28-29,54,57,63-64H,7-10,12-13,15-16,18,21,24-25,27,30-53,55-56,58-62H2,1-6H3,(H-,67,69,71,72)/b14-11+,20-17+,22-19-,26-23-,29-28-,57-54-. The quantitative estimate of drug-likeness (QED) is 0.0161. The van der Waals surface area contributed by atoms with Gasteiger partial charge in [-0.25, -0.2) is 0 Å². The van der Waals surface area contributed by atoms with Crippen LogP contribution in [0.3, 0.4) is 0 Å². The summed E-state index contributed by atoms with van der Waals surface area (Å²) in [6.45, 7) is 6.68. The van der Waals surface area contributed by atoms with Crippen molar-refractivity contribution in [3.05, 3.63) is 72.9 Å². The number of nitrogens with one attached hydrogen (secondary N) is 1. The number of hydrogen-bond acceptors (Lipinski definition) is 7. The Bertz CT molecular complexity index is 1530. The number of phosphoric acid groups is 1. The van der Waals surface area contributed by atoms with Gasteiger partial charge in [-0.3, -0.25) is 14.2 Å². The molecule has 0 saturated carbocycles. The van der Waals surface area contributed by atoms with Crippen LogP contribution in [0.5, 0.6) is 0 Å². The summed E-state index contributed by atoms with van der Waals surface area (Å²) in [5.41, 5.74) is 0. The first-order chi connectivity index (χ1) is 36.9. The predicted molar refractivity (Wildman–Crippen MR) is 325 cm³/mol. The van der Waals surface area contributed by atoms with Crippen LogP contribution in [0.15, 0.2) is 72.9 Å². The lowest BCUT2D eigenvalue weighted by Gasteiger charge is -2.30. The lowest BCUT2D eigenvalue weighted by atomic mass is 10.0. The first-order valence-electron chi connectivity index (χ1n) is 31.8. The number of nitrogens with zero attached hydrogens (tertiary/aromatic N) is 1. The fourth-order valence-corrected chi connectivity index (χ4v) is 9.75. The van der Waals surface area contributed by atoms with Crippen LogP contribution in [-0.2, 0) is 27.9 Å². The number of amides is 1. The van der Waals surface area contributed by atoms with Gasteiger partial charge in [-0.1, -0.05) is 261 Å². The van der Waals surface area contributed by atoms with Gasteiger partial charge in [0.1, 0.15) is 19.3 Å². The molecule has 0 aromatic carbocycles. The summed E-state index contributed by atoms with van der Waals surface area (Å²) < 4.78 is 30.3. The monoisotopic (exact) mass is 1080 g/mol. The molecule has 442 valence electrons. The molecule has 0 fully saturated rings. The van der Waals surface area contributed by atoms with Gasteiger partial charge in [0, 0.05) is 12.8 Å². The zero-order valence-electron chi connectivity index (χ0n) is 50.4. The molecule has 3 unspecified atom stereocenters. The van der Waals surface area contributed by atoms with Gasteiger partial charge in [0.25, 0.3) is 7.82 Å². The molecule has 0 aliphatic rings. The van der Waals surface area contributed by atoms with E-state index in [1.807, 2.05) is 33.3 Å². The summed E-state index contributed by atoms with van der Waals surface area (Å²) in [5, 5.41) is 3.03. The lowest BCUT2D eigenvalue weighted by molar-refractivity contribution is -0.870. The van der Waals surface area contributed by atoms with E-state index in [1.54, 1.807) is 0 Å². The van der Waals surface area contributed by atoms with Gasteiger partial charge in [-0.05, 0) is 83.1 Å². The van der Waals surface area contributed by atoms with E-state index >= 15 is 0 Å². The van der Waals surface area contributed by atoms with Crippen molar-refractivity contribution >= 4 is 19.7 Å². The lowest BCUT2D eigenvalue weighted by Crippen LogP contribution is -2.47. The third-order valence-electron chi connectivity index (χ3n) is 13.9. The van der Waals surface area contributed by atoms with Gasteiger partial charge in [-0.15, -0.1) is 0 Å². The van der Waals surface area contributed by atoms with Gasteiger partial charge < -0.3 is 28.5 Å². The summed E-state index contributed by atoms with van der Waals surface area (Å²) >= 11 is 0. The van der Waals surface area contributed by atoms with Gasteiger partial charge in [0.05, 0.1) is 33.8 Å². The van der Waals surface area contributed by atoms with Crippen LogP contribution in [0.1, 0.15) is 284 Å². The number of carbonyl (C=O) groups excluding carboxylic acids is 2. The normalized spacial score (nSPS) is 14.1. The number of likely N-dealkylation sites (N-methyl/N-ethyl adjacent to an activating group) is 1. The Morgan fingerprint density at radius 3 is 1.38 bits per heavy atom. The Morgan fingerprint density at radius 2 is 0.895 bits per heavy atom. The van der Waals surface area contributed by atoms with Crippen LogP contribution in [-0.4, -0.2) is 69.4 Å². The minimum atomic E-state index is -4.70. The van der Waals surface area contributed by atoms with Crippen LogP contribution in [0.2, 0.25) is 0 Å². The average Bonchev–Trinajstić information content (AvgIpc) is 3.38. The molecular formula is C66H121N2O7P. The number of allylic oxidation sites excluding steroid dienone is 11. The maximum atomic E-state index is 13.5. The molecule has 0 spiro atoms. The SMILES string of the molecule is CC/C=C/C=C/C=C\CCCCCCCC(=O)OC(/C=C\CCCCCCCCCCCC)C(COP(=O)([O-])OCC[N+](C)(C)C)NC(=O)CCCCCCCCCCCCCCCCC/C=C\C/C=C\CCCCC. The topological polar surface area (TPSA) is 114 Å². The number of unbranched alkanes of at least 4 members (excludes halogenated alkanes) is 33. The number of esters is 1. The Labute approximate surface area is 470 Å². The minimum absolute atomic E-state index is 0.0273. The highest BCUT2D eigenvalue weighted by molar-refractivity contribution is 7.45. The number of hydrogen-bond donors (Lipinski definition) is 1. The fraction of sp³-hybridized carbons (Fsp3) is 0.788. The van der Waals surface area contributed by atoms with Crippen molar-refractivity contribution in [2.24, 2.45) is 0 Å². The predicted octanol–water partition coefficient (Wildman–Crippen LogP) is 19.0. The van der Waals surface area contributed by atoms with E-state index in [0.717, 1.165) is 83.5 Å². The third-order valence-corrected chi connectivity index (χ3v) is 14.9. The second-order valence-corrected chi connectivity index (χ2v) is 24.0. The molecule has 76 heavy (non-hydrogen) atoms. The molecule has 0 aliphatic carbocycles. The van der Waals surface area contributed by atoms with Crippen LogP contribution < -0.4 is 10.2 Å². The molecule has 9 nitrogen and oxygen atoms in total. The first-order valence-corrected chi connectivity index (χ1v) is 33.2. The zero-order valence-corrected chi connectivity index (χ0v) is 51.3. The molecule has 0 bridgehead atoms. The van der Waals surface area contributed by atoms with E-state index in [1.165, 1.54) is 161 Å². The van der Waals surface area contributed by atoms with E-state index in [-0.39, 0.29) is 24.9 Å². The van der Waals surface area contributed by atoms with Crippen LogP contribution >= 0.6 is 7.82 Å². The highest BCUT2D eigenvalue weighted by Crippen LogP contribution is 2.38. The largest absolute Gasteiger partial charge is 0.756 e. The molecule has 0 aromatic rings. The second kappa shape index (κ2) is 55.8. The molecule has 0 saturated heterocycles. The van der Waals surface area contributed by atoms with E-state index < -0.39 is 26.6 Å². The van der Waals surface area contributed by atoms with Crippen molar-refractivity contribution in [1.29, 1.82) is 0 Å². The van der Waals surface area contributed by atoms with Crippen molar-refractivity contribution in [1.82, 2.24) is 5.32 Å². The smallest absolute Gasteiger partial charge is 0.306 e. The molecule has 1 N–H and O–H groups in total. The van der Waals surface area contributed by atoms with Crippen LogP contribution in [0, 0.1) is 0 Å². The molecule has 10 heteroatoms. The number of phosphoric ester groups is 1. The fourth-order valence-electron chi connectivity index (χ4n) is 9.02. The number of rotatable bonds is 57. The third kappa shape index (κ3) is 56.2. The summed E-state index contributed by atoms with van der Waals surface area (Å²) in [5.74, 6) is -0.561. The second-order valence-electron chi connectivity index (χ2n) is 22.6. The average molecular weight is 1090 g/mol. The number of quaternary nitrogens is 1. The van der Waals surface area contributed by atoms with Crippen molar-refractivity contribution in [3.63, 3.8) is 0 Å². The van der Waals surface area contributed by atoms with Gasteiger partial charge in [0.15, 0.2) is 0 Å². The van der Waals surface area contributed by atoms with Gasteiger partial charge in [-0.2, -0.15) is 0 Å². The van der Waals surface area contributed by atoms with E-state index in [2.05, 4.69) is 86.8 Å². The maximum absolute atomic E-state index is 13.5. The summed E-state index contributed by atoms with van der Waals surface area (Å²) in [4.78, 5) is 40.0. The Morgan fingerprint density at radius 1 is 0.487 bits per heavy atom.